The highest BCUT2D eigenvalue weighted by Gasteiger charge is 2.11. The average molecular weight is 271 g/mol. The van der Waals surface area contributed by atoms with Crippen molar-refractivity contribution in [3.05, 3.63) is 48.3 Å². The van der Waals surface area contributed by atoms with Gasteiger partial charge < -0.3 is 15.2 Å². The Labute approximate surface area is 117 Å². The van der Waals surface area contributed by atoms with Crippen molar-refractivity contribution in [3.63, 3.8) is 0 Å². The van der Waals surface area contributed by atoms with E-state index >= 15 is 0 Å². The van der Waals surface area contributed by atoms with E-state index < -0.39 is 5.91 Å². The van der Waals surface area contributed by atoms with Crippen LogP contribution in [0.5, 0.6) is 0 Å². The molecular weight excluding hydrogens is 254 g/mol. The highest BCUT2D eigenvalue weighted by molar-refractivity contribution is 6.05. The minimum Gasteiger partial charge on any atom is -0.378 e. The summed E-state index contributed by atoms with van der Waals surface area (Å²) >= 11 is 0. The SMILES string of the molecule is CN(C)c1cc(C(=O)NC(=N)N)cc(-n2cccc2)c1. The molecule has 104 valence electrons. The zero-order valence-corrected chi connectivity index (χ0v) is 11.4. The van der Waals surface area contributed by atoms with Crippen LogP contribution in [0.2, 0.25) is 0 Å². The quantitative estimate of drug-likeness (QED) is 0.578. The molecule has 0 radical (unpaired) electrons. The summed E-state index contributed by atoms with van der Waals surface area (Å²) in [6, 6.07) is 9.32. The lowest BCUT2D eigenvalue weighted by atomic mass is 10.1. The molecule has 20 heavy (non-hydrogen) atoms. The Hall–Kier alpha value is -2.76. The molecule has 0 atom stereocenters. The predicted molar refractivity (Wildman–Crippen MR) is 79.5 cm³/mol. The van der Waals surface area contributed by atoms with Gasteiger partial charge in [-0.15, -0.1) is 0 Å². The van der Waals surface area contributed by atoms with Gasteiger partial charge in [0.05, 0.1) is 0 Å². The van der Waals surface area contributed by atoms with Gasteiger partial charge in [0, 0.05) is 43.4 Å². The van der Waals surface area contributed by atoms with Crippen molar-refractivity contribution in [3.8, 4) is 5.69 Å². The first-order chi connectivity index (χ1) is 9.47. The smallest absolute Gasteiger partial charge is 0.258 e. The zero-order valence-electron chi connectivity index (χ0n) is 11.4. The maximum Gasteiger partial charge on any atom is 0.258 e. The van der Waals surface area contributed by atoms with Gasteiger partial charge in [-0.1, -0.05) is 0 Å². The molecule has 2 aromatic rings. The summed E-state index contributed by atoms with van der Waals surface area (Å²) in [4.78, 5) is 13.9. The Morgan fingerprint density at radius 1 is 1.25 bits per heavy atom. The van der Waals surface area contributed by atoms with Crippen LogP contribution in [0.15, 0.2) is 42.7 Å². The molecule has 0 fully saturated rings. The zero-order chi connectivity index (χ0) is 14.7. The molecule has 0 aliphatic carbocycles. The fraction of sp³-hybridized carbons (Fsp3) is 0.143. The first-order valence-electron chi connectivity index (χ1n) is 6.08. The summed E-state index contributed by atoms with van der Waals surface area (Å²) in [5.74, 6) is -0.762. The second-order valence-corrected chi connectivity index (χ2v) is 4.59. The van der Waals surface area contributed by atoms with Gasteiger partial charge in [-0.2, -0.15) is 0 Å². The van der Waals surface area contributed by atoms with Crippen LogP contribution >= 0.6 is 0 Å². The summed E-state index contributed by atoms with van der Waals surface area (Å²) in [5, 5.41) is 9.43. The summed E-state index contributed by atoms with van der Waals surface area (Å²) < 4.78 is 1.91. The molecule has 0 saturated heterocycles. The number of nitrogens with one attached hydrogen (secondary N) is 2. The number of nitrogens with zero attached hydrogens (tertiary/aromatic N) is 2. The van der Waals surface area contributed by atoms with E-state index in [4.69, 9.17) is 11.1 Å². The minimum absolute atomic E-state index is 0.368. The predicted octanol–water partition coefficient (Wildman–Crippen LogP) is 1.17. The van der Waals surface area contributed by atoms with Crippen LogP contribution in [-0.4, -0.2) is 30.5 Å². The Bertz CT molecular complexity index is 631. The van der Waals surface area contributed by atoms with Crippen LogP contribution < -0.4 is 16.0 Å². The summed E-state index contributed by atoms with van der Waals surface area (Å²) in [6.07, 6.45) is 3.81. The number of guanidine groups is 1. The highest BCUT2D eigenvalue weighted by atomic mass is 16.1. The fourth-order valence-electron chi connectivity index (χ4n) is 1.83. The Kier molecular flexibility index (Phi) is 3.74. The molecule has 1 aromatic heterocycles. The van der Waals surface area contributed by atoms with Crippen molar-refractivity contribution in [1.29, 1.82) is 5.41 Å². The van der Waals surface area contributed by atoms with E-state index in [2.05, 4.69) is 5.32 Å². The number of anilines is 1. The number of benzene rings is 1. The highest BCUT2D eigenvalue weighted by Crippen LogP contribution is 2.20. The molecular formula is C14H17N5O. The number of hydrogen-bond donors (Lipinski definition) is 3. The molecule has 4 N–H and O–H groups in total. The number of carbonyl (C=O) groups is 1. The second-order valence-electron chi connectivity index (χ2n) is 4.59. The van der Waals surface area contributed by atoms with Crippen LogP contribution in [-0.2, 0) is 0 Å². The Morgan fingerprint density at radius 2 is 1.90 bits per heavy atom. The van der Waals surface area contributed by atoms with Crippen LogP contribution in [0, 0.1) is 5.41 Å². The number of hydrogen-bond acceptors (Lipinski definition) is 3. The van der Waals surface area contributed by atoms with Crippen molar-refractivity contribution in [1.82, 2.24) is 9.88 Å². The third-order valence-electron chi connectivity index (χ3n) is 2.83. The number of amides is 1. The van der Waals surface area contributed by atoms with Gasteiger partial charge in [-0.05, 0) is 30.3 Å². The maximum atomic E-state index is 12.0. The molecule has 2 rings (SSSR count). The van der Waals surface area contributed by atoms with Gasteiger partial charge in [-0.25, -0.2) is 0 Å². The molecule has 1 amide bonds. The van der Waals surface area contributed by atoms with Gasteiger partial charge >= 0.3 is 0 Å². The van der Waals surface area contributed by atoms with Crippen molar-refractivity contribution in [2.75, 3.05) is 19.0 Å². The van der Waals surface area contributed by atoms with E-state index in [9.17, 15) is 4.79 Å². The standard InChI is InChI=1S/C14H17N5O/c1-18(2)11-7-10(13(20)17-14(15)16)8-12(9-11)19-5-3-4-6-19/h3-9H,1-2H3,(H4,15,16,17,20). The summed E-state index contributed by atoms with van der Waals surface area (Å²) in [6.45, 7) is 0. The molecule has 0 aliphatic rings. The topological polar surface area (TPSA) is 87.1 Å². The van der Waals surface area contributed by atoms with Crippen LogP contribution in [0.25, 0.3) is 5.69 Å². The molecule has 6 nitrogen and oxygen atoms in total. The van der Waals surface area contributed by atoms with Gasteiger partial charge in [-0.3, -0.25) is 15.5 Å². The first kappa shape index (κ1) is 13.7. The number of aromatic nitrogens is 1. The molecule has 0 saturated carbocycles. The summed E-state index contributed by atoms with van der Waals surface area (Å²) in [5.41, 5.74) is 7.41. The lowest BCUT2D eigenvalue weighted by molar-refractivity contribution is 0.0976. The van der Waals surface area contributed by atoms with E-state index in [1.54, 1.807) is 12.1 Å². The average Bonchev–Trinajstić information content (AvgIpc) is 2.91. The largest absolute Gasteiger partial charge is 0.378 e. The van der Waals surface area contributed by atoms with Gasteiger partial charge in [0.1, 0.15) is 0 Å². The van der Waals surface area contributed by atoms with Crippen LogP contribution in [0.3, 0.4) is 0 Å². The van der Waals surface area contributed by atoms with E-state index in [0.29, 0.717) is 5.56 Å². The monoisotopic (exact) mass is 271 g/mol. The molecule has 0 bridgehead atoms. The number of carbonyl (C=O) groups excluding carboxylic acids is 1. The van der Waals surface area contributed by atoms with E-state index in [1.807, 2.05) is 54.2 Å². The van der Waals surface area contributed by atoms with Crippen molar-refractivity contribution < 1.29 is 4.79 Å². The van der Waals surface area contributed by atoms with Gasteiger partial charge in [0.15, 0.2) is 5.96 Å². The van der Waals surface area contributed by atoms with E-state index in [0.717, 1.165) is 11.4 Å². The summed E-state index contributed by atoms with van der Waals surface area (Å²) in [7, 11) is 3.81. The van der Waals surface area contributed by atoms with Gasteiger partial charge in [0.25, 0.3) is 5.91 Å². The lowest BCUT2D eigenvalue weighted by Gasteiger charge is -2.16. The third-order valence-corrected chi connectivity index (χ3v) is 2.83. The Morgan fingerprint density at radius 3 is 2.45 bits per heavy atom. The molecule has 0 aliphatic heterocycles. The molecule has 1 heterocycles. The van der Waals surface area contributed by atoms with E-state index in [1.165, 1.54) is 0 Å². The molecule has 1 aromatic carbocycles. The lowest BCUT2D eigenvalue weighted by Crippen LogP contribution is -2.35. The fourth-order valence-corrected chi connectivity index (χ4v) is 1.83. The van der Waals surface area contributed by atoms with E-state index in [-0.39, 0.29) is 5.96 Å². The molecule has 0 spiro atoms. The second kappa shape index (κ2) is 5.48. The molecule has 0 unspecified atom stereocenters. The van der Waals surface area contributed by atoms with Crippen LogP contribution in [0.4, 0.5) is 5.69 Å². The van der Waals surface area contributed by atoms with Crippen molar-refractivity contribution in [2.45, 2.75) is 0 Å². The molecule has 6 heteroatoms. The first-order valence-corrected chi connectivity index (χ1v) is 6.08. The van der Waals surface area contributed by atoms with Crippen LogP contribution in [0.1, 0.15) is 10.4 Å². The number of nitrogens with two attached hydrogens (primary N) is 1. The minimum atomic E-state index is -0.394. The number of rotatable bonds is 3. The van der Waals surface area contributed by atoms with Crippen molar-refractivity contribution in [2.24, 2.45) is 5.73 Å². The normalized spacial score (nSPS) is 10.1. The maximum absolute atomic E-state index is 12.0. The van der Waals surface area contributed by atoms with Gasteiger partial charge in [0.2, 0.25) is 0 Å². The third kappa shape index (κ3) is 2.97. The van der Waals surface area contributed by atoms with Crippen molar-refractivity contribution >= 4 is 17.6 Å². The Balaban J connectivity index is 2.46.